The SMILES string of the molecule is O=C(NCc1ccc(F)cc1)c1noc(-c2cc(Cl)c(O)c(Cl)c2)n1. The second kappa shape index (κ2) is 7.08. The number of phenolic OH excluding ortho intramolecular Hbond substituents is 1. The minimum absolute atomic E-state index is 0.0167. The van der Waals surface area contributed by atoms with Crippen LogP contribution in [-0.2, 0) is 6.54 Å². The fraction of sp³-hybridized carbons (Fsp3) is 0.0625. The number of benzene rings is 2. The van der Waals surface area contributed by atoms with E-state index in [0.717, 1.165) is 5.56 Å². The van der Waals surface area contributed by atoms with Gasteiger partial charge in [-0.25, -0.2) is 4.39 Å². The zero-order chi connectivity index (χ0) is 18.0. The Balaban J connectivity index is 1.72. The van der Waals surface area contributed by atoms with Gasteiger partial charge >= 0.3 is 0 Å². The van der Waals surface area contributed by atoms with E-state index in [9.17, 15) is 14.3 Å². The molecule has 0 saturated carbocycles. The third-order valence-electron chi connectivity index (χ3n) is 3.26. The van der Waals surface area contributed by atoms with E-state index < -0.39 is 5.91 Å². The summed E-state index contributed by atoms with van der Waals surface area (Å²) in [4.78, 5) is 16.0. The molecule has 2 N–H and O–H groups in total. The van der Waals surface area contributed by atoms with Crippen molar-refractivity contribution in [3.63, 3.8) is 0 Å². The Morgan fingerprint density at radius 3 is 2.48 bits per heavy atom. The van der Waals surface area contributed by atoms with Gasteiger partial charge in [-0.15, -0.1) is 0 Å². The molecule has 0 bridgehead atoms. The quantitative estimate of drug-likeness (QED) is 0.716. The normalized spacial score (nSPS) is 10.7. The Kier molecular flexibility index (Phi) is 4.87. The molecular weight excluding hydrogens is 372 g/mol. The molecule has 2 aromatic carbocycles. The van der Waals surface area contributed by atoms with E-state index in [0.29, 0.717) is 5.56 Å². The summed E-state index contributed by atoms with van der Waals surface area (Å²) in [5.74, 6) is -1.34. The zero-order valence-corrected chi connectivity index (χ0v) is 14.0. The number of rotatable bonds is 4. The summed E-state index contributed by atoms with van der Waals surface area (Å²) >= 11 is 11.7. The molecule has 128 valence electrons. The van der Waals surface area contributed by atoms with E-state index in [1.54, 1.807) is 12.1 Å². The Labute approximate surface area is 151 Å². The molecular formula is C16H10Cl2FN3O3. The van der Waals surface area contributed by atoms with Crippen molar-refractivity contribution < 1.29 is 18.8 Å². The van der Waals surface area contributed by atoms with Gasteiger partial charge in [-0.05, 0) is 29.8 Å². The van der Waals surface area contributed by atoms with Crippen LogP contribution < -0.4 is 5.32 Å². The molecule has 6 nitrogen and oxygen atoms in total. The number of amides is 1. The number of aromatic nitrogens is 2. The maximum absolute atomic E-state index is 12.8. The first kappa shape index (κ1) is 17.2. The number of hydrogen-bond acceptors (Lipinski definition) is 5. The Morgan fingerprint density at radius 1 is 1.20 bits per heavy atom. The lowest BCUT2D eigenvalue weighted by Crippen LogP contribution is -2.23. The van der Waals surface area contributed by atoms with Gasteiger partial charge in [0.15, 0.2) is 5.75 Å². The Bertz CT molecular complexity index is 906. The molecule has 0 aliphatic carbocycles. The highest BCUT2D eigenvalue weighted by Crippen LogP contribution is 2.35. The fourth-order valence-corrected chi connectivity index (χ4v) is 2.47. The number of hydrogen-bond donors (Lipinski definition) is 2. The third kappa shape index (κ3) is 3.89. The molecule has 0 atom stereocenters. The highest BCUT2D eigenvalue weighted by Gasteiger charge is 2.17. The molecule has 1 aromatic heterocycles. The van der Waals surface area contributed by atoms with Crippen molar-refractivity contribution in [1.29, 1.82) is 0 Å². The van der Waals surface area contributed by atoms with E-state index in [4.69, 9.17) is 27.7 Å². The molecule has 0 fully saturated rings. The first-order chi connectivity index (χ1) is 11.9. The zero-order valence-electron chi connectivity index (χ0n) is 12.5. The van der Waals surface area contributed by atoms with Gasteiger partial charge in [0.25, 0.3) is 17.6 Å². The molecule has 1 amide bonds. The topological polar surface area (TPSA) is 88.2 Å². The van der Waals surface area contributed by atoms with Crippen LogP contribution in [0.25, 0.3) is 11.5 Å². The van der Waals surface area contributed by atoms with E-state index in [2.05, 4.69) is 15.5 Å². The lowest BCUT2D eigenvalue weighted by Gasteiger charge is -2.02. The predicted molar refractivity (Wildman–Crippen MR) is 89.0 cm³/mol. The number of carbonyl (C=O) groups excluding carboxylic acids is 1. The standard InChI is InChI=1S/C16H10Cl2FN3O3/c17-11-5-9(6-12(18)13(11)23)16-21-14(22-25-16)15(24)20-7-8-1-3-10(19)4-2-8/h1-6,23H,7H2,(H,20,24). The maximum Gasteiger partial charge on any atom is 0.292 e. The van der Waals surface area contributed by atoms with Crippen molar-refractivity contribution >= 4 is 29.1 Å². The summed E-state index contributed by atoms with van der Waals surface area (Å²) in [7, 11) is 0. The molecule has 0 aliphatic rings. The van der Waals surface area contributed by atoms with Crippen molar-refractivity contribution in [2.75, 3.05) is 0 Å². The van der Waals surface area contributed by atoms with Crippen molar-refractivity contribution in [3.8, 4) is 17.2 Å². The van der Waals surface area contributed by atoms with Gasteiger partial charge < -0.3 is 14.9 Å². The summed E-state index contributed by atoms with van der Waals surface area (Å²) in [5.41, 5.74) is 1.08. The molecule has 0 unspecified atom stereocenters. The molecule has 1 heterocycles. The van der Waals surface area contributed by atoms with Crippen molar-refractivity contribution in [1.82, 2.24) is 15.5 Å². The number of aromatic hydroxyl groups is 1. The molecule has 0 aliphatic heterocycles. The maximum atomic E-state index is 12.8. The Morgan fingerprint density at radius 2 is 1.84 bits per heavy atom. The number of halogens is 3. The molecule has 0 spiro atoms. The van der Waals surface area contributed by atoms with Gasteiger partial charge in [0.2, 0.25) is 0 Å². The predicted octanol–water partition coefficient (Wildman–Crippen LogP) is 3.82. The second-order valence-electron chi connectivity index (χ2n) is 5.02. The molecule has 3 aromatic rings. The summed E-state index contributed by atoms with van der Waals surface area (Å²) in [6.07, 6.45) is 0. The number of carbonyl (C=O) groups is 1. The summed E-state index contributed by atoms with van der Waals surface area (Å²) < 4.78 is 17.9. The van der Waals surface area contributed by atoms with E-state index >= 15 is 0 Å². The van der Waals surface area contributed by atoms with Crippen LogP contribution in [0.1, 0.15) is 16.2 Å². The Hall–Kier alpha value is -2.64. The molecule has 0 saturated heterocycles. The number of nitrogens with zero attached hydrogens (tertiary/aromatic N) is 2. The van der Waals surface area contributed by atoms with Gasteiger partial charge in [-0.3, -0.25) is 4.79 Å². The molecule has 3 rings (SSSR count). The van der Waals surface area contributed by atoms with Gasteiger partial charge in [0.05, 0.1) is 10.0 Å². The van der Waals surface area contributed by atoms with Gasteiger partial charge in [0, 0.05) is 12.1 Å². The smallest absolute Gasteiger partial charge is 0.292 e. The molecule has 25 heavy (non-hydrogen) atoms. The summed E-state index contributed by atoms with van der Waals surface area (Å²) in [6, 6.07) is 8.47. The van der Waals surface area contributed by atoms with E-state index in [1.165, 1.54) is 24.3 Å². The average Bonchev–Trinajstić information content (AvgIpc) is 3.08. The van der Waals surface area contributed by atoms with Gasteiger partial charge in [-0.2, -0.15) is 4.98 Å². The van der Waals surface area contributed by atoms with E-state index in [1.807, 2.05) is 0 Å². The first-order valence-electron chi connectivity index (χ1n) is 6.99. The monoisotopic (exact) mass is 381 g/mol. The van der Waals surface area contributed by atoms with E-state index in [-0.39, 0.29) is 39.9 Å². The van der Waals surface area contributed by atoms with Crippen LogP contribution in [0.4, 0.5) is 4.39 Å². The largest absolute Gasteiger partial charge is 0.505 e. The van der Waals surface area contributed by atoms with Gasteiger partial charge in [-0.1, -0.05) is 40.5 Å². The van der Waals surface area contributed by atoms with Crippen LogP contribution in [-0.4, -0.2) is 21.2 Å². The van der Waals surface area contributed by atoms with Crippen LogP contribution in [0.3, 0.4) is 0 Å². The summed E-state index contributed by atoms with van der Waals surface area (Å²) in [6.45, 7) is 0.180. The molecule has 0 radical (unpaired) electrons. The lowest BCUT2D eigenvalue weighted by atomic mass is 10.2. The lowest BCUT2D eigenvalue weighted by molar-refractivity contribution is 0.0937. The minimum atomic E-state index is -0.560. The van der Waals surface area contributed by atoms with Crippen molar-refractivity contribution in [2.24, 2.45) is 0 Å². The number of nitrogens with one attached hydrogen (secondary N) is 1. The minimum Gasteiger partial charge on any atom is -0.505 e. The average molecular weight is 382 g/mol. The molecule has 9 heteroatoms. The third-order valence-corrected chi connectivity index (χ3v) is 3.84. The van der Waals surface area contributed by atoms with Crippen LogP contribution >= 0.6 is 23.2 Å². The van der Waals surface area contributed by atoms with Crippen molar-refractivity contribution in [2.45, 2.75) is 6.54 Å². The summed E-state index contributed by atoms with van der Waals surface area (Å²) in [5, 5.41) is 15.8. The number of phenols is 1. The first-order valence-corrected chi connectivity index (χ1v) is 7.74. The van der Waals surface area contributed by atoms with Gasteiger partial charge in [0.1, 0.15) is 5.82 Å². The van der Waals surface area contributed by atoms with Crippen LogP contribution in [0.2, 0.25) is 10.0 Å². The highest BCUT2D eigenvalue weighted by atomic mass is 35.5. The second-order valence-corrected chi connectivity index (χ2v) is 5.84. The van der Waals surface area contributed by atoms with Crippen LogP contribution in [0.15, 0.2) is 40.9 Å². The highest BCUT2D eigenvalue weighted by molar-refractivity contribution is 6.37. The van der Waals surface area contributed by atoms with Crippen LogP contribution in [0, 0.1) is 5.82 Å². The van der Waals surface area contributed by atoms with Crippen molar-refractivity contribution in [3.05, 3.63) is 63.6 Å². The fourth-order valence-electron chi connectivity index (χ4n) is 1.99. The van der Waals surface area contributed by atoms with Crippen LogP contribution in [0.5, 0.6) is 5.75 Å².